The fourth-order valence-electron chi connectivity index (χ4n) is 2.00. The highest BCUT2D eigenvalue weighted by Crippen LogP contribution is 2.14. The summed E-state index contributed by atoms with van der Waals surface area (Å²) in [7, 11) is 0. The predicted octanol–water partition coefficient (Wildman–Crippen LogP) is 3.67. The number of amides is 1. The first-order chi connectivity index (χ1) is 9.74. The lowest BCUT2D eigenvalue weighted by Crippen LogP contribution is -2.31. The number of benzene rings is 1. The molecule has 0 fully saturated rings. The second-order valence-corrected chi connectivity index (χ2v) is 5.33. The third-order valence-electron chi connectivity index (χ3n) is 3.00. The number of nitriles is 1. The normalized spacial score (nSPS) is 10.0. The van der Waals surface area contributed by atoms with Crippen LogP contribution < -0.4 is 0 Å². The first-order valence-corrected chi connectivity index (χ1v) is 7.49. The molecule has 102 valence electrons. The van der Waals surface area contributed by atoms with Gasteiger partial charge in [-0.05, 0) is 53.1 Å². The number of carbonyl (C=O) groups is 1. The van der Waals surface area contributed by atoms with Crippen molar-refractivity contribution >= 4 is 17.2 Å². The lowest BCUT2D eigenvalue weighted by molar-refractivity contribution is 0.0743. The summed E-state index contributed by atoms with van der Waals surface area (Å²) in [6.07, 6.45) is 0.923. The van der Waals surface area contributed by atoms with E-state index in [0.29, 0.717) is 17.7 Å². The Bertz CT molecular complexity index is 596. The van der Waals surface area contributed by atoms with Crippen molar-refractivity contribution < 1.29 is 4.79 Å². The zero-order valence-electron chi connectivity index (χ0n) is 11.4. The van der Waals surface area contributed by atoms with Gasteiger partial charge in [-0.25, -0.2) is 0 Å². The van der Waals surface area contributed by atoms with Gasteiger partial charge in [0.15, 0.2) is 0 Å². The van der Waals surface area contributed by atoms with Crippen LogP contribution in [0.25, 0.3) is 0 Å². The van der Waals surface area contributed by atoms with Crippen LogP contribution in [0.5, 0.6) is 0 Å². The molecule has 0 unspecified atom stereocenters. The molecule has 4 heteroatoms. The average molecular weight is 284 g/mol. The molecular formula is C16H16N2OS. The smallest absolute Gasteiger partial charge is 0.254 e. The molecule has 0 radical (unpaired) electrons. The second-order valence-electron chi connectivity index (χ2n) is 4.55. The molecule has 1 heterocycles. The highest BCUT2D eigenvalue weighted by atomic mass is 32.1. The van der Waals surface area contributed by atoms with Crippen molar-refractivity contribution in [2.24, 2.45) is 0 Å². The van der Waals surface area contributed by atoms with E-state index in [2.05, 4.69) is 18.4 Å². The fraction of sp³-hybridized carbons (Fsp3) is 0.250. The van der Waals surface area contributed by atoms with Gasteiger partial charge < -0.3 is 4.90 Å². The maximum Gasteiger partial charge on any atom is 0.254 e. The van der Waals surface area contributed by atoms with Crippen molar-refractivity contribution in [1.29, 1.82) is 5.26 Å². The Labute approximate surface area is 123 Å². The van der Waals surface area contributed by atoms with Crippen molar-refractivity contribution in [1.82, 2.24) is 4.90 Å². The van der Waals surface area contributed by atoms with Gasteiger partial charge in [-0.15, -0.1) is 0 Å². The van der Waals surface area contributed by atoms with Gasteiger partial charge in [-0.3, -0.25) is 4.79 Å². The fourth-order valence-corrected chi connectivity index (χ4v) is 2.66. The molecule has 1 aromatic carbocycles. The summed E-state index contributed by atoms with van der Waals surface area (Å²) in [4.78, 5) is 14.4. The van der Waals surface area contributed by atoms with Gasteiger partial charge in [0.2, 0.25) is 0 Å². The Balaban J connectivity index is 2.15. The van der Waals surface area contributed by atoms with Crippen molar-refractivity contribution in [2.75, 3.05) is 6.54 Å². The molecule has 0 saturated carbocycles. The topological polar surface area (TPSA) is 44.1 Å². The third kappa shape index (κ3) is 3.46. The minimum atomic E-state index is 0.0162. The molecule has 0 aliphatic heterocycles. The van der Waals surface area contributed by atoms with Gasteiger partial charge in [0.25, 0.3) is 5.91 Å². The molecule has 1 amide bonds. The zero-order chi connectivity index (χ0) is 14.4. The Hall–Kier alpha value is -2.12. The molecular weight excluding hydrogens is 268 g/mol. The van der Waals surface area contributed by atoms with E-state index in [1.807, 2.05) is 16.3 Å². The van der Waals surface area contributed by atoms with Gasteiger partial charge in [-0.2, -0.15) is 16.6 Å². The minimum absolute atomic E-state index is 0.0162. The van der Waals surface area contributed by atoms with Gasteiger partial charge in [0, 0.05) is 18.7 Å². The monoisotopic (exact) mass is 284 g/mol. The quantitative estimate of drug-likeness (QED) is 0.840. The van der Waals surface area contributed by atoms with Gasteiger partial charge in [-0.1, -0.05) is 6.92 Å². The minimum Gasteiger partial charge on any atom is -0.334 e. The zero-order valence-corrected chi connectivity index (χ0v) is 12.2. The van der Waals surface area contributed by atoms with Crippen LogP contribution in [-0.2, 0) is 6.54 Å². The van der Waals surface area contributed by atoms with E-state index in [9.17, 15) is 4.79 Å². The first kappa shape index (κ1) is 14.3. The van der Waals surface area contributed by atoms with Crippen molar-refractivity contribution in [3.63, 3.8) is 0 Å². The van der Waals surface area contributed by atoms with Crippen molar-refractivity contribution in [3.8, 4) is 6.07 Å². The Morgan fingerprint density at radius 1 is 1.30 bits per heavy atom. The van der Waals surface area contributed by atoms with Crippen LogP contribution in [-0.4, -0.2) is 17.4 Å². The molecule has 0 N–H and O–H groups in total. The van der Waals surface area contributed by atoms with Crippen LogP contribution in [0.2, 0.25) is 0 Å². The first-order valence-electron chi connectivity index (χ1n) is 6.55. The Kier molecular flexibility index (Phi) is 4.91. The number of thiophene rings is 1. The lowest BCUT2D eigenvalue weighted by atomic mass is 10.1. The number of carbonyl (C=O) groups excluding carboxylic acids is 1. The summed E-state index contributed by atoms with van der Waals surface area (Å²) < 4.78 is 0. The molecule has 2 rings (SSSR count). The molecule has 1 aromatic heterocycles. The summed E-state index contributed by atoms with van der Waals surface area (Å²) in [6.45, 7) is 3.43. The Morgan fingerprint density at radius 2 is 2.05 bits per heavy atom. The summed E-state index contributed by atoms with van der Waals surface area (Å²) in [5.41, 5.74) is 2.36. The highest BCUT2D eigenvalue weighted by Gasteiger charge is 2.15. The molecule has 0 aliphatic rings. The molecule has 0 aliphatic carbocycles. The molecule has 0 saturated heterocycles. The van der Waals surface area contributed by atoms with Crippen molar-refractivity contribution in [3.05, 3.63) is 57.8 Å². The summed E-state index contributed by atoms with van der Waals surface area (Å²) in [5, 5.41) is 12.9. The van der Waals surface area contributed by atoms with Crippen LogP contribution >= 0.6 is 11.3 Å². The van der Waals surface area contributed by atoms with E-state index in [1.165, 1.54) is 0 Å². The standard InChI is InChI=1S/C16H16N2OS/c1-2-8-18(11-14-7-9-20-12-14)16(19)15-5-3-13(10-17)4-6-15/h3-7,9,12H,2,8,11H2,1H3. The molecule has 0 spiro atoms. The summed E-state index contributed by atoms with van der Waals surface area (Å²) in [6, 6.07) is 10.9. The van der Waals surface area contributed by atoms with E-state index >= 15 is 0 Å². The van der Waals surface area contributed by atoms with Crippen LogP contribution in [0.1, 0.15) is 34.8 Å². The van der Waals surface area contributed by atoms with Crippen LogP contribution in [0.4, 0.5) is 0 Å². The van der Waals surface area contributed by atoms with E-state index in [4.69, 9.17) is 5.26 Å². The molecule has 0 bridgehead atoms. The molecule has 3 nitrogen and oxygen atoms in total. The number of hydrogen-bond donors (Lipinski definition) is 0. The number of nitrogens with zero attached hydrogens (tertiary/aromatic N) is 2. The molecule has 20 heavy (non-hydrogen) atoms. The second kappa shape index (κ2) is 6.88. The van der Waals surface area contributed by atoms with Crippen LogP contribution in [0, 0.1) is 11.3 Å². The van der Waals surface area contributed by atoms with Crippen LogP contribution in [0.3, 0.4) is 0 Å². The van der Waals surface area contributed by atoms with Crippen LogP contribution in [0.15, 0.2) is 41.1 Å². The van der Waals surface area contributed by atoms with E-state index < -0.39 is 0 Å². The predicted molar refractivity (Wildman–Crippen MR) is 80.5 cm³/mol. The van der Waals surface area contributed by atoms with Gasteiger partial charge >= 0.3 is 0 Å². The Morgan fingerprint density at radius 3 is 2.60 bits per heavy atom. The van der Waals surface area contributed by atoms with Gasteiger partial charge in [0.1, 0.15) is 0 Å². The van der Waals surface area contributed by atoms with Crippen molar-refractivity contribution in [2.45, 2.75) is 19.9 Å². The summed E-state index contributed by atoms with van der Waals surface area (Å²) in [5.74, 6) is 0.0162. The van der Waals surface area contributed by atoms with Gasteiger partial charge in [0.05, 0.1) is 11.6 Å². The van der Waals surface area contributed by atoms with E-state index in [1.54, 1.807) is 35.6 Å². The maximum absolute atomic E-state index is 12.5. The maximum atomic E-state index is 12.5. The average Bonchev–Trinajstić information content (AvgIpc) is 2.99. The molecule has 0 atom stereocenters. The number of rotatable bonds is 5. The summed E-state index contributed by atoms with van der Waals surface area (Å²) >= 11 is 1.64. The third-order valence-corrected chi connectivity index (χ3v) is 3.73. The van der Waals surface area contributed by atoms with E-state index in [0.717, 1.165) is 18.5 Å². The number of hydrogen-bond acceptors (Lipinski definition) is 3. The van der Waals surface area contributed by atoms with E-state index in [-0.39, 0.29) is 5.91 Å². The highest BCUT2D eigenvalue weighted by molar-refractivity contribution is 7.07. The lowest BCUT2D eigenvalue weighted by Gasteiger charge is -2.21. The molecule has 2 aromatic rings. The largest absolute Gasteiger partial charge is 0.334 e. The SMILES string of the molecule is CCCN(Cc1ccsc1)C(=O)c1ccc(C#N)cc1.